The van der Waals surface area contributed by atoms with Gasteiger partial charge >= 0.3 is 0 Å². The molecular formula is C25H24ClFN2O3. The molecule has 0 aliphatic carbocycles. The summed E-state index contributed by atoms with van der Waals surface area (Å²) in [7, 11) is 1.52. The number of halogens is 2. The summed E-state index contributed by atoms with van der Waals surface area (Å²) in [5.74, 6) is -1.37. The van der Waals surface area contributed by atoms with Gasteiger partial charge in [-0.25, -0.2) is 4.39 Å². The molecule has 0 unspecified atom stereocenters. The van der Waals surface area contributed by atoms with E-state index in [2.05, 4.69) is 5.32 Å². The highest BCUT2D eigenvalue weighted by Gasteiger charge is 2.30. The van der Waals surface area contributed by atoms with E-state index in [9.17, 15) is 14.0 Å². The fourth-order valence-corrected chi connectivity index (χ4v) is 3.51. The van der Waals surface area contributed by atoms with E-state index in [4.69, 9.17) is 16.3 Å². The third kappa shape index (κ3) is 6.08. The SMILES string of the molecule is CNC(=O)[C@@H](Cc1ccccc1)N(Cc1ccccc1Cl)C(=O)COc1ccccc1F. The lowest BCUT2D eigenvalue weighted by Gasteiger charge is -2.31. The normalized spacial score (nSPS) is 11.5. The maximum Gasteiger partial charge on any atom is 0.261 e. The van der Waals surface area contributed by atoms with Crippen LogP contribution >= 0.6 is 11.6 Å². The molecule has 0 aliphatic rings. The van der Waals surface area contributed by atoms with E-state index < -0.39 is 24.4 Å². The summed E-state index contributed by atoms with van der Waals surface area (Å²) in [5.41, 5.74) is 1.59. The number of likely N-dealkylation sites (N-methyl/N-ethyl adjacent to an activating group) is 1. The fourth-order valence-electron chi connectivity index (χ4n) is 3.31. The lowest BCUT2D eigenvalue weighted by molar-refractivity contribution is -0.142. The fraction of sp³-hybridized carbons (Fsp3) is 0.200. The van der Waals surface area contributed by atoms with Crippen molar-refractivity contribution in [1.29, 1.82) is 0 Å². The number of nitrogens with one attached hydrogen (secondary N) is 1. The second-order valence-electron chi connectivity index (χ2n) is 7.15. The highest BCUT2D eigenvalue weighted by atomic mass is 35.5. The average Bonchev–Trinajstić information content (AvgIpc) is 2.82. The van der Waals surface area contributed by atoms with Crippen molar-refractivity contribution < 1.29 is 18.7 Å². The van der Waals surface area contributed by atoms with Crippen molar-refractivity contribution in [3.63, 3.8) is 0 Å². The minimum absolute atomic E-state index is 0.0295. The molecule has 0 aliphatic heterocycles. The van der Waals surface area contributed by atoms with Gasteiger partial charge in [-0.2, -0.15) is 0 Å². The van der Waals surface area contributed by atoms with Crippen LogP contribution in [0.5, 0.6) is 5.75 Å². The zero-order chi connectivity index (χ0) is 22.9. The first-order valence-electron chi connectivity index (χ1n) is 10.2. The molecule has 3 aromatic carbocycles. The molecule has 3 rings (SSSR count). The van der Waals surface area contributed by atoms with Gasteiger partial charge in [0, 0.05) is 25.0 Å². The monoisotopic (exact) mass is 454 g/mol. The first kappa shape index (κ1) is 23.3. The van der Waals surface area contributed by atoms with E-state index in [1.165, 1.54) is 30.1 Å². The highest BCUT2D eigenvalue weighted by molar-refractivity contribution is 6.31. The molecule has 0 bridgehead atoms. The van der Waals surface area contributed by atoms with Gasteiger partial charge in [-0.1, -0.05) is 72.3 Å². The van der Waals surface area contributed by atoms with Crippen LogP contribution in [0, 0.1) is 5.82 Å². The van der Waals surface area contributed by atoms with Crippen LogP contribution in [0.4, 0.5) is 4.39 Å². The quantitative estimate of drug-likeness (QED) is 0.526. The number of hydrogen-bond acceptors (Lipinski definition) is 3. The van der Waals surface area contributed by atoms with Gasteiger partial charge in [-0.3, -0.25) is 9.59 Å². The Balaban J connectivity index is 1.89. The first-order chi connectivity index (χ1) is 15.5. The summed E-state index contributed by atoms with van der Waals surface area (Å²) >= 11 is 6.33. The summed E-state index contributed by atoms with van der Waals surface area (Å²) in [5, 5.41) is 3.12. The number of hydrogen-bond donors (Lipinski definition) is 1. The van der Waals surface area contributed by atoms with Gasteiger partial charge in [-0.15, -0.1) is 0 Å². The zero-order valence-corrected chi connectivity index (χ0v) is 18.4. The number of amides is 2. The predicted molar refractivity (Wildman–Crippen MR) is 122 cm³/mol. The summed E-state index contributed by atoms with van der Waals surface area (Å²) in [6, 6.07) is 21.6. The number of rotatable bonds is 9. The number of carbonyl (C=O) groups is 2. The number of carbonyl (C=O) groups excluding carboxylic acids is 2. The van der Waals surface area contributed by atoms with Gasteiger partial charge in [0.15, 0.2) is 18.2 Å². The van der Waals surface area contributed by atoms with Gasteiger partial charge in [-0.05, 0) is 29.3 Å². The van der Waals surface area contributed by atoms with Crippen LogP contribution in [0.3, 0.4) is 0 Å². The van der Waals surface area contributed by atoms with E-state index in [0.717, 1.165) is 5.56 Å². The van der Waals surface area contributed by atoms with Crippen LogP contribution in [-0.4, -0.2) is 36.4 Å². The zero-order valence-electron chi connectivity index (χ0n) is 17.6. The molecule has 166 valence electrons. The molecule has 1 atom stereocenters. The van der Waals surface area contributed by atoms with Gasteiger partial charge in [0.2, 0.25) is 5.91 Å². The predicted octanol–water partition coefficient (Wildman–Crippen LogP) is 4.24. The summed E-state index contributed by atoms with van der Waals surface area (Å²) < 4.78 is 19.4. The summed E-state index contributed by atoms with van der Waals surface area (Å²) in [6.07, 6.45) is 0.302. The van der Waals surface area contributed by atoms with E-state index in [0.29, 0.717) is 17.0 Å². The molecule has 7 heteroatoms. The third-order valence-corrected chi connectivity index (χ3v) is 5.37. The highest BCUT2D eigenvalue weighted by Crippen LogP contribution is 2.21. The molecule has 0 heterocycles. The molecule has 0 saturated carbocycles. The topological polar surface area (TPSA) is 58.6 Å². The molecular weight excluding hydrogens is 431 g/mol. The molecule has 5 nitrogen and oxygen atoms in total. The van der Waals surface area contributed by atoms with Crippen LogP contribution < -0.4 is 10.1 Å². The Morgan fingerprint density at radius 1 is 1.00 bits per heavy atom. The maximum atomic E-state index is 13.9. The number of para-hydroxylation sites is 1. The van der Waals surface area contributed by atoms with Crippen molar-refractivity contribution in [2.45, 2.75) is 19.0 Å². The van der Waals surface area contributed by atoms with Gasteiger partial charge in [0.05, 0.1) is 0 Å². The Labute approximate surface area is 191 Å². The standard InChI is InChI=1S/C25H24ClFN2O3/c1-28-25(31)22(15-18-9-3-2-4-10-18)29(16-19-11-5-6-12-20(19)26)24(30)17-32-23-14-8-7-13-21(23)27/h2-14,22H,15-17H2,1H3,(H,28,31)/t22-/m1/s1. The van der Waals surface area contributed by atoms with Crippen molar-refractivity contribution >= 4 is 23.4 Å². The van der Waals surface area contributed by atoms with Crippen molar-refractivity contribution in [2.75, 3.05) is 13.7 Å². The van der Waals surface area contributed by atoms with E-state index in [1.807, 2.05) is 36.4 Å². The van der Waals surface area contributed by atoms with Crippen LogP contribution in [-0.2, 0) is 22.6 Å². The first-order valence-corrected chi connectivity index (χ1v) is 10.5. The molecule has 0 saturated heterocycles. The van der Waals surface area contributed by atoms with Crippen LogP contribution in [0.15, 0.2) is 78.9 Å². The summed E-state index contributed by atoms with van der Waals surface area (Å²) in [4.78, 5) is 27.5. The van der Waals surface area contributed by atoms with Crippen LogP contribution in [0.1, 0.15) is 11.1 Å². The van der Waals surface area contributed by atoms with Gasteiger partial charge in [0.25, 0.3) is 5.91 Å². The Kier molecular flexibility index (Phi) is 8.22. The lowest BCUT2D eigenvalue weighted by atomic mass is 10.0. The Morgan fingerprint density at radius 3 is 2.34 bits per heavy atom. The minimum atomic E-state index is -0.810. The van der Waals surface area contributed by atoms with Gasteiger partial charge < -0.3 is 15.0 Å². The minimum Gasteiger partial charge on any atom is -0.481 e. The maximum absolute atomic E-state index is 13.9. The van der Waals surface area contributed by atoms with Crippen molar-refractivity contribution in [3.8, 4) is 5.75 Å². The van der Waals surface area contributed by atoms with E-state index >= 15 is 0 Å². The molecule has 1 N–H and O–H groups in total. The second-order valence-corrected chi connectivity index (χ2v) is 7.56. The molecule has 2 amide bonds. The van der Waals surface area contributed by atoms with E-state index in [1.54, 1.807) is 24.3 Å². The molecule has 0 fully saturated rings. The number of ether oxygens (including phenoxy) is 1. The Hall–Kier alpha value is -3.38. The molecule has 0 spiro atoms. The van der Waals surface area contributed by atoms with Crippen molar-refractivity contribution in [1.82, 2.24) is 10.2 Å². The second kappa shape index (κ2) is 11.3. The number of benzene rings is 3. The smallest absolute Gasteiger partial charge is 0.261 e. The third-order valence-electron chi connectivity index (χ3n) is 5.00. The van der Waals surface area contributed by atoms with Crippen LogP contribution in [0.2, 0.25) is 5.02 Å². The number of nitrogens with zero attached hydrogens (tertiary/aromatic N) is 1. The Morgan fingerprint density at radius 2 is 1.66 bits per heavy atom. The van der Waals surface area contributed by atoms with Crippen LogP contribution in [0.25, 0.3) is 0 Å². The van der Waals surface area contributed by atoms with Crippen molar-refractivity contribution in [3.05, 3.63) is 101 Å². The average molecular weight is 455 g/mol. The molecule has 32 heavy (non-hydrogen) atoms. The van der Waals surface area contributed by atoms with E-state index in [-0.39, 0.29) is 18.2 Å². The van der Waals surface area contributed by atoms with Gasteiger partial charge in [0.1, 0.15) is 6.04 Å². The van der Waals surface area contributed by atoms with Crippen molar-refractivity contribution in [2.24, 2.45) is 0 Å². The molecule has 0 radical (unpaired) electrons. The Bertz CT molecular complexity index is 1060. The molecule has 0 aromatic heterocycles. The molecule has 3 aromatic rings. The summed E-state index contributed by atoms with van der Waals surface area (Å²) in [6.45, 7) is -0.322. The largest absolute Gasteiger partial charge is 0.481 e. The lowest BCUT2D eigenvalue weighted by Crippen LogP contribution is -2.51.